The maximum absolute atomic E-state index is 8.88. The first-order valence-electron chi connectivity index (χ1n) is 10.4. The van der Waals surface area contributed by atoms with Crippen LogP contribution in [0.3, 0.4) is 0 Å². The van der Waals surface area contributed by atoms with E-state index >= 15 is 0 Å². The van der Waals surface area contributed by atoms with Gasteiger partial charge in [0.25, 0.3) is 0 Å². The minimum atomic E-state index is 0.561. The summed E-state index contributed by atoms with van der Waals surface area (Å²) < 4.78 is 5.07. The largest absolute Gasteiger partial charge is 0.569 e. The highest BCUT2D eigenvalue weighted by Gasteiger charge is 2.12. The molecule has 6 nitrogen and oxygen atoms in total. The smallest absolute Gasteiger partial charge is 0.537 e. The molecule has 0 amide bonds. The summed E-state index contributed by atoms with van der Waals surface area (Å²) in [5.41, 5.74) is 4.66. The molecule has 0 saturated heterocycles. The second-order valence-electron chi connectivity index (χ2n) is 7.24. The van der Waals surface area contributed by atoms with Crippen LogP contribution in [0.4, 0.5) is 0 Å². The Morgan fingerprint density at radius 1 is 0.545 bits per heavy atom. The van der Waals surface area contributed by atoms with Crippen LogP contribution in [-0.2, 0) is 0 Å². The number of benzene rings is 3. The zero-order valence-electron chi connectivity index (χ0n) is 17.5. The Balaban J connectivity index is 1.55. The zero-order chi connectivity index (χ0) is 22.5. The van der Waals surface area contributed by atoms with Crippen molar-refractivity contribution in [3.63, 3.8) is 0 Å². The first-order chi connectivity index (χ1) is 16.3. The summed E-state index contributed by atoms with van der Waals surface area (Å²) >= 11 is 0. The van der Waals surface area contributed by atoms with Crippen molar-refractivity contribution < 1.29 is 9.68 Å². The molecule has 1 radical (unpaired) electrons. The predicted molar refractivity (Wildman–Crippen MR) is 128 cm³/mol. The van der Waals surface area contributed by atoms with Crippen LogP contribution in [0.1, 0.15) is 0 Å². The van der Waals surface area contributed by atoms with E-state index in [0.717, 1.165) is 27.8 Å². The van der Waals surface area contributed by atoms with Crippen LogP contribution < -0.4 is 4.65 Å². The fourth-order valence-corrected chi connectivity index (χ4v) is 3.47. The van der Waals surface area contributed by atoms with E-state index in [1.54, 1.807) is 18.5 Å². The van der Waals surface area contributed by atoms with E-state index < -0.39 is 0 Å². The summed E-state index contributed by atoms with van der Waals surface area (Å²) in [6, 6.07) is 29.1. The van der Waals surface area contributed by atoms with Crippen LogP contribution in [0, 0.1) is 0 Å². The molecule has 5 aromatic rings. The van der Waals surface area contributed by atoms with Crippen LogP contribution in [0.25, 0.3) is 45.3 Å². The number of hydrogen-bond acceptors (Lipinski definition) is 6. The lowest BCUT2D eigenvalue weighted by Crippen LogP contribution is -2.00. The molecule has 0 aliphatic heterocycles. The van der Waals surface area contributed by atoms with Crippen molar-refractivity contribution in [2.45, 2.75) is 0 Å². The summed E-state index contributed by atoms with van der Waals surface area (Å²) in [6.45, 7) is 0. The van der Waals surface area contributed by atoms with Gasteiger partial charge < -0.3 is 9.68 Å². The number of pyridine rings is 1. The fourth-order valence-electron chi connectivity index (χ4n) is 3.47. The van der Waals surface area contributed by atoms with Crippen LogP contribution in [0.5, 0.6) is 5.75 Å². The van der Waals surface area contributed by atoms with E-state index in [1.165, 1.54) is 0 Å². The fraction of sp³-hybridized carbons (Fsp3) is 0. The molecule has 1 N–H and O–H groups in total. The Labute approximate surface area is 192 Å². The molecule has 5 rings (SSSR count). The van der Waals surface area contributed by atoms with Gasteiger partial charge in [0, 0.05) is 29.1 Å². The van der Waals surface area contributed by atoms with E-state index in [-0.39, 0.29) is 0 Å². The van der Waals surface area contributed by atoms with E-state index in [9.17, 15) is 0 Å². The molecule has 157 valence electrons. The highest BCUT2D eigenvalue weighted by atomic mass is 16.5. The van der Waals surface area contributed by atoms with Gasteiger partial charge in [0.1, 0.15) is 5.75 Å². The molecule has 0 bridgehead atoms. The normalized spacial score (nSPS) is 10.6. The minimum Gasteiger partial charge on any atom is -0.537 e. The third-order valence-electron chi connectivity index (χ3n) is 5.11. The molecule has 0 spiro atoms. The van der Waals surface area contributed by atoms with Gasteiger partial charge in [-0.25, -0.2) is 15.0 Å². The van der Waals surface area contributed by atoms with E-state index in [2.05, 4.69) is 4.98 Å². The summed E-state index contributed by atoms with van der Waals surface area (Å²) in [5, 5.41) is 8.88. The molecule has 33 heavy (non-hydrogen) atoms. The standard InChI is InChI=1S/C26H18BN4O2/c32-27-33-23-8-4-7-22(17-23)18-9-11-20(12-10-18)25-29-24(19-5-2-1-3-6-19)30-26(31-25)21-13-15-28-16-14-21/h1-17,32H. The first kappa shape index (κ1) is 20.5. The highest BCUT2D eigenvalue weighted by molar-refractivity contribution is 6.17. The molecule has 0 aliphatic rings. The Bertz CT molecular complexity index is 1310. The molecule has 0 atom stereocenters. The molecule has 0 aliphatic carbocycles. The lowest BCUT2D eigenvalue weighted by atomic mass is 10.0. The SMILES string of the molecule is O[B]Oc1cccc(-c2ccc(-c3nc(-c4ccccc4)nc(-c4ccncc4)n3)cc2)c1. The van der Waals surface area contributed by atoms with Gasteiger partial charge in [0.15, 0.2) is 17.5 Å². The second-order valence-corrected chi connectivity index (χ2v) is 7.24. The summed E-state index contributed by atoms with van der Waals surface area (Å²) in [6.07, 6.45) is 3.45. The minimum absolute atomic E-state index is 0.561. The maximum Gasteiger partial charge on any atom is 0.569 e. The van der Waals surface area contributed by atoms with Crippen molar-refractivity contribution in [1.82, 2.24) is 19.9 Å². The Kier molecular flexibility index (Phi) is 5.86. The molecule has 3 aromatic carbocycles. The maximum atomic E-state index is 8.88. The van der Waals surface area contributed by atoms with Crippen molar-refractivity contribution >= 4 is 7.69 Å². The summed E-state index contributed by atoms with van der Waals surface area (Å²) in [4.78, 5) is 18.3. The average molecular weight is 429 g/mol. The zero-order valence-corrected chi connectivity index (χ0v) is 17.5. The topological polar surface area (TPSA) is 81.0 Å². The van der Waals surface area contributed by atoms with Gasteiger partial charge in [-0.2, -0.15) is 0 Å². The van der Waals surface area contributed by atoms with Crippen LogP contribution in [0.15, 0.2) is 103 Å². The Morgan fingerprint density at radius 3 is 1.73 bits per heavy atom. The molecule has 2 heterocycles. The lowest BCUT2D eigenvalue weighted by Gasteiger charge is -2.09. The van der Waals surface area contributed by atoms with Crippen molar-refractivity contribution in [3.05, 3.63) is 103 Å². The van der Waals surface area contributed by atoms with E-state index in [0.29, 0.717) is 30.9 Å². The molecule has 7 heteroatoms. The van der Waals surface area contributed by atoms with Crippen LogP contribution in [0.2, 0.25) is 0 Å². The van der Waals surface area contributed by atoms with Crippen LogP contribution >= 0.6 is 0 Å². The van der Waals surface area contributed by atoms with E-state index in [4.69, 9.17) is 24.6 Å². The van der Waals surface area contributed by atoms with Crippen molar-refractivity contribution in [3.8, 4) is 51.0 Å². The molecule has 0 saturated carbocycles. The monoisotopic (exact) mass is 429 g/mol. The van der Waals surface area contributed by atoms with Gasteiger partial charge in [0.2, 0.25) is 0 Å². The highest BCUT2D eigenvalue weighted by Crippen LogP contribution is 2.28. The van der Waals surface area contributed by atoms with Gasteiger partial charge in [-0.3, -0.25) is 4.98 Å². The summed E-state index contributed by atoms with van der Waals surface area (Å²) in [7, 11) is 0.674. The number of nitrogens with zero attached hydrogens (tertiary/aromatic N) is 4. The number of rotatable bonds is 6. The number of hydrogen-bond donors (Lipinski definition) is 1. The molecule has 0 unspecified atom stereocenters. The molecule has 2 aromatic heterocycles. The second kappa shape index (κ2) is 9.42. The first-order valence-corrected chi connectivity index (χ1v) is 10.4. The van der Waals surface area contributed by atoms with Gasteiger partial charge in [-0.1, -0.05) is 66.7 Å². The van der Waals surface area contributed by atoms with Crippen molar-refractivity contribution in [2.75, 3.05) is 0 Å². The van der Waals surface area contributed by atoms with Gasteiger partial charge in [-0.15, -0.1) is 0 Å². The number of aromatic nitrogens is 4. The quantitative estimate of drug-likeness (QED) is 0.389. The molecular formula is C26H18BN4O2. The van der Waals surface area contributed by atoms with Gasteiger partial charge >= 0.3 is 7.69 Å². The van der Waals surface area contributed by atoms with Crippen molar-refractivity contribution in [1.29, 1.82) is 0 Å². The third kappa shape index (κ3) is 4.63. The Morgan fingerprint density at radius 2 is 1.09 bits per heavy atom. The molecule has 0 fully saturated rings. The van der Waals surface area contributed by atoms with Crippen LogP contribution in [-0.4, -0.2) is 32.6 Å². The lowest BCUT2D eigenvalue weighted by molar-refractivity contribution is 0.454. The van der Waals surface area contributed by atoms with Gasteiger partial charge in [-0.05, 0) is 35.4 Å². The van der Waals surface area contributed by atoms with Gasteiger partial charge in [0.05, 0.1) is 0 Å². The van der Waals surface area contributed by atoms with Crippen molar-refractivity contribution in [2.24, 2.45) is 0 Å². The Hall–Kier alpha value is -4.36. The molecular weight excluding hydrogens is 411 g/mol. The predicted octanol–water partition coefficient (Wildman–Crippen LogP) is 4.84. The summed E-state index contributed by atoms with van der Waals surface area (Å²) in [5.74, 6) is 2.36. The average Bonchev–Trinajstić information content (AvgIpc) is 2.90. The third-order valence-corrected chi connectivity index (χ3v) is 5.11. The van der Waals surface area contributed by atoms with E-state index in [1.807, 2.05) is 84.9 Å².